The van der Waals surface area contributed by atoms with Crippen molar-refractivity contribution in [2.24, 2.45) is 5.92 Å². The Morgan fingerprint density at radius 3 is 2.77 bits per heavy atom. The number of aromatic nitrogens is 4. The van der Waals surface area contributed by atoms with Crippen molar-refractivity contribution in [1.29, 1.82) is 0 Å². The molecule has 30 heavy (non-hydrogen) atoms. The van der Waals surface area contributed by atoms with Crippen LogP contribution in [0, 0.1) is 12.8 Å². The molecule has 1 saturated carbocycles. The van der Waals surface area contributed by atoms with Crippen molar-refractivity contribution in [2.45, 2.75) is 77.2 Å². The quantitative estimate of drug-likeness (QED) is 0.751. The molecule has 0 radical (unpaired) electrons. The number of carbonyl (C=O) groups excluding carboxylic acids is 1. The molecule has 4 rings (SSSR count). The molecule has 1 N–H and O–H groups in total. The number of nitrogens with one attached hydrogen (secondary N) is 1. The predicted molar refractivity (Wildman–Crippen MR) is 118 cm³/mol. The highest BCUT2D eigenvalue weighted by atomic mass is 16.1. The summed E-state index contributed by atoms with van der Waals surface area (Å²) in [5.74, 6) is 2.51. The van der Waals surface area contributed by atoms with E-state index in [1.165, 1.54) is 32.1 Å². The molecule has 1 aliphatic heterocycles. The second kappa shape index (κ2) is 10.0. The summed E-state index contributed by atoms with van der Waals surface area (Å²) in [6.45, 7) is 3.73. The number of piperidine rings is 1. The topological polar surface area (TPSA) is 75.9 Å². The Hall–Kier alpha value is -2.44. The van der Waals surface area contributed by atoms with Gasteiger partial charge >= 0.3 is 0 Å². The lowest BCUT2D eigenvalue weighted by Crippen LogP contribution is -2.43. The molecule has 1 aliphatic carbocycles. The summed E-state index contributed by atoms with van der Waals surface area (Å²) in [7, 11) is 0. The molecule has 0 aromatic carbocycles. The third-order valence-corrected chi connectivity index (χ3v) is 6.51. The first kappa shape index (κ1) is 20.8. The number of hydrogen-bond acceptors (Lipinski definition) is 5. The normalized spacial score (nSPS) is 20.3. The molecular weight excluding hydrogens is 376 g/mol. The third-order valence-electron chi connectivity index (χ3n) is 6.51. The molecule has 3 heterocycles. The molecule has 7 heteroatoms. The highest BCUT2D eigenvalue weighted by Gasteiger charge is 2.26. The number of anilines is 1. The Bertz CT molecular complexity index is 815. The standard InChI is InChI=1S/C23H34N6O/c1-18-15-21(27-23(26-18)28-14-12-24-17-28)29-13-6-5-9-20(29)16-22(30)25-11-10-19-7-3-2-4-8-19/h12,14-15,17,19-20H,2-11,13,16H2,1H3,(H,25,30). The van der Waals surface area contributed by atoms with E-state index in [0.717, 1.165) is 56.2 Å². The van der Waals surface area contributed by atoms with Gasteiger partial charge in [0.1, 0.15) is 12.1 Å². The monoisotopic (exact) mass is 410 g/mol. The van der Waals surface area contributed by atoms with Crippen molar-refractivity contribution in [3.63, 3.8) is 0 Å². The Labute approximate surface area is 179 Å². The Kier molecular flexibility index (Phi) is 6.97. The van der Waals surface area contributed by atoms with Gasteiger partial charge in [-0.2, -0.15) is 4.98 Å². The lowest BCUT2D eigenvalue weighted by molar-refractivity contribution is -0.121. The summed E-state index contributed by atoms with van der Waals surface area (Å²) in [5.41, 5.74) is 0.921. The first-order valence-corrected chi connectivity index (χ1v) is 11.6. The zero-order chi connectivity index (χ0) is 20.8. The zero-order valence-corrected chi connectivity index (χ0v) is 18.1. The summed E-state index contributed by atoms with van der Waals surface area (Å²) < 4.78 is 1.83. The largest absolute Gasteiger partial charge is 0.356 e. The maximum atomic E-state index is 12.7. The maximum absolute atomic E-state index is 12.7. The second-order valence-corrected chi connectivity index (χ2v) is 8.83. The van der Waals surface area contributed by atoms with Crippen LogP contribution in [0.4, 0.5) is 5.82 Å². The molecule has 2 aromatic heterocycles. The van der Waals surface area contributed by atoms with Gasteiger partial charge in [-0.15, -0.1) is 0 Å². The van der Waals surface area contributed by atoms with Gasteiger partial charge in [0.05, 0.1) is 0 Å². The fourth-order valence-electron chi connectivity index (χ4n) is 4.87. The van der Waals surface area contributed by atoms with E-state index < -0.39 is 0 Å². The fourth-order valence-corrected chi connectivity index (χ4v) is 4.87. The number of nitrogens with zero attached hydrogens (tertiary/aromatic N) is 5. The molecule has 2 aliphatic rings. The van der Waals surface area contributed by atoms with E-state index in [1.807, 2.05) is 23.8 Å². The van der Waals surface area contributed by atoms with Gasteiger partial charge in [0.15, 0.2) is 0 Å². The van der Waals surface area contributed by atoms with Gasteiger partial charge in [0, 0.05) is 49.7 Å². The number of imidazole rings is 1. The van der Waals surface area contributed by atoms with Gasteiger partial charge in [0.2, 0.25) is 11.9 Å². The maximum Gasteiger partial charge on any atom is 0.237 e. The van der Waals surface area contributed by atoms with E-state index in [1.54, 1.807) is 12.5 Å². The van der Waals surface area contributed by atoms with Crippen LogP contribution in [-0.2, 0) is 4.79 Å². The first-order valence-electron chi connectivity index (χ1n) is 11.6. The van der Waals surface area contributed by atoms with Crippen molar-refractivity contribution in [2.75, 3.05) is 18.0 Å². The highest BCUT2D eigenvalue weighted by molar-refractivity contribution is 5.77. The van der Waals surface area contributed by atoms with Crippen molar-refractivity contribution < 1.29 is 4.79 Å². The average molecular weight is 411 g/mol. The molecule has 0 bridgehead atoms. The SMILES string of the molecule is Cc1cc(N2CCCCC2CC(=O)NCCC2CCCCC2)nc(-n2ccnc2)n1. The molecule has 2 fully saturated rings. The van der Waals surface area contributed by atoms with Crippen LogP contribution in [0.5, 0.6) is 0 Å². The minimum Gasteiger partial charge on any atom is -0.356 e. The molecular formula is C23H34N6O. The lowest BCUT2D eigenvalue weighted by Gasteiger charge is -2.36. The van der Waals surface area contributed by atoms with E-state index in [4.69, 9.17) is 4.98 Å². The number of hydrogen-bond donors (Lipinski definition) is 1. The smallest absolute Gasteiger partial charge is 0.237 e. The molecule has 162 valence electrons. The molecule has 1 unspecified atom stereocenters. The third kappa shape index (κ3) is 5.37. The molecule has 2 aromatic rings. The molecule has 0 spiro atoms. The summed E-state index contributed by atoms with van der Waals surface area (Å²) in [6, 6.07) is 2.22. The van der Waals surface area contributed by atoms with Crippen LogP contribution in [0.1, 0.15) is 69.9 Å². The van der Waals surface area contributed by atoms with E-state index in [9.17, 15) is 4.79 Å². The van der Waals surface area contributed by atoms with Gasteiger partial charge in [0.25, 0.3) is 0 Å². The van der Waals surface area contributed by atoms with Crippen molar-refractivity contribution in [3.05, 3.63) is 30.5 Å². The Morgan fingerprint density at radius 2 is 1.97 bits per heavy atom. The minimum absolute atomic E-state index is 0.170. The molecule has 7 nitrogen and oxygen atoms in total. The lowest BCUT2D eigenvalue weighted by atomic mass is 9.87. The predicted octanol–water partition coefficient (Wildman–Crippen LogP) is 3.81. The molecule has 1 amide bonds. The van der Waals surface area contributed by atoms with E-state index in [0.29, 0.717) is 12.4 Å². The van der Waals surface area contributed by atoms with Gasteiger partial charge < -0.3 is 10.2 Å². The van der Waals surface area contributed by atoms with Gasteiger partial charge in [-0.1, -0.05) is 32.1 Å². The summed E-state index contributed by atoms with van der Waals surface area (Å²) >= 11 is 0. The van der Waals surface area contributed by atoms with Crippen LogP contribution in [0.25, 0.3) is 5.95 Å². The number of aryl methyl sites for hydroxylation is 1. The number of carbonyl (C=O) groups is 1. The van der Waals surface area contributed by atoms with Crippen molar-refractivity contribution in [3.8, 4) is 5.95 Å². The second-order valence-electron chi connectivity index (χ2n) is 8.83. The van der Waals surface area contributed by atoms with Crippen LogP contribution in [-0.4, -0.2) is 44.6 Å². The van der Waals surface area contributed by atoms with Crippen LogP contribution >= 0.6 is 0 Å². The molecule has 1 saturated heterocycles. The minimum atomic E-state index is 0.170. The first-order chi connectivity index (χ1) is 14.7. The summed E-state index contributed by atoms with van der Waals surface area (Å²) in [5, 5.41) is 3.18. The highest BCUT2D eigenvalue weighted by Crippen LogP contribution is 2.27. The Balaban J connectivity index is 1.37. The number of amides is 1. The van der Waals surface area contributed by atoms with Gasteiger partial charge in [-0.05, 0) is 38.5 Å². The number of rotatable bonds is 7. The van der Waals surface area contributed by atoms with Crippen molar-refractivity contribution in [1.82, 2.24) is 24.8 Å². The van der Waals surface area contributed by atoms with Crippen LogP contribution in [0.15, 0.2) is 24.8 Å². The fraction of sp³-hybridized carbons (Fsp3) is 0.652. The van der Waals surface area contributed by atoms with Gasteiger partial charge in [-0.25, -0.2) is 9.97 Å². The van der Waals surface area contributed by atoms with Crippen LogP contribution < -0.4 is 10.2 Å². The summed E-state index contributed by atoms with van der Waals surface area (Å²) in [6.07, 6.45) is 17.0. The Morgan fingerprint density at radius 1 is 1.13 bits per heavy atom. The summed E-state index contributed by atoms with van der Waals surface area (Å²) in [4.78, 5) is 28.4. The zero-order valence-electron chi connectivity index (χ0n) is 18.1. The van der Waals surface area contributed by atoms with E-state index in [2.05, 4.69) is 20.2 Å². The van der Waals surface area contributed by atoms with E-state index >= 15 is 0 Å². The van der Waals surface area contributed by atoms with Crippen molar-refractivity contribution >= 4 is 11.7 Å². The van der Waals surface area contributed by atoms with Gasteiger partial charge in [-0.3, -0.25) is 9.36 Å². The van der Waals surface area contributed by atoms with Crippen LogP contribution in [0.2, 0.25) is 0 Å². The van der Waals surface area contributed by atoms with Crippen LogP contribution in [0.3, 0.4) is 0 Å². The average Bonchev–Trinajstić information content (AvgIpc) is 3.29. The molecule has 1 atom stereocenters. The van der Waals surface area contributed by atoms with E-state index in [-0.39, 0.29) is 11.9 Å².